The summed E-state index contributed by atoms with van der Waals surface area (Å²) < 4.78 is 5.35. The molecule has 2 unspecified atom stereocenters. The minimum atomic E-state index is -1.62. The Labute approximate surface area is 158 Å². The molecule has 1 amide bonds. The Bertz CT molecular complexity index is 740. The lowest BCUT2D eigenvalue weighted by Gasteiger charge is -2.23. The molecule has 0 aromatic heterocycles. The van der Waals surface area contributed by atoms with Gasteiger partial charge in [-0.2, -0.15) is 0 Å². The van der Waals surface area contributed by atoms with Gasteiger partial charge in [-0.05, 0) is 12.5 Å². The van der Waals surface area contributed by atoms with Gasteiger partial charge in [0.25, 0.3) is 0 Å². The summed E-state index contributed by atoms with van der Waals surface area (Å²) in [6.07, 6.45) is -2.13. The molecule has 0 heterocycles. The minimum Gasteiger partial charge on any atom is -0.433 e. The lowest BCUT2D eigenvalue weighted by Crippen LogP contribution is -2.38. The summed E-state index contributed by atoms with van der Waals surface area (Å²) in [7, 11) is -1.62. The fourth-order valence-electron chi connectivity index (χ4n) is 2.61. The molecule has 142 valence electrons. The Hall–Kier alpha value is -2.68. The van der Waals surface area contributed by atoms with Crippen molar-refractivity contribution in [3.8, 4) is 0 Å². The van der Waals surface area contributed by atoms with E-state index < -0.39 is 37.2 Å². The molecule has 0 spiro atoms. The zero-order chi connectivity index (χ0) is 19.8. The van der Waals surface area contributed by atoms with Crippen LogP contribution in [0, 0.1) is 0 Å². The topological polar surface area (TPSA) is 122 Å². The first-order valence-corrected chi connectivity index (χ1v) is 8.61. The maximum atomic E-state index is 12.4. The van der Waals surface area contributed by atoms with Crippen LogP contribution in [0.2, 0.25) is 6.32 Å². The molecular formula is C19H23BN2O5. The van der Waals surface area contributed by atoms with E-state index in [-0.39, 0.29) is 6.32 Å². The van der Waals surface area contributed by atoms with Crippen molar-refractivity contribution in [3.63, 3.8) is 0 Å². The van der Waals surface area contributed by atoms with E-state index in [1.54, 1.807) is 60.7 Å². The van der Waals surface area contributed by atoms with Crippen LogP contribution in [0.5, 0.6) is 0 Å². The number of carbonyl (C=O) groups excluding carboxylic acids is 2. The summed E-state index contributed by atoms with van der Waals surface area (Å²) >= 11 is 0. The third-order valence-corrected chi connectivity index (χ3v) is 3.97. The van der Waals surface area contributed by atoms with Crippen LogP contribution < -0.4 is 11.1 Å². The summed E-state index contributed by atoms with van der Waals surface area (Å²) in [6.45, 7) is 1.52. The van der Waals surface area contributed by atoms with Crippen molar-refractivity contribution in [2.75, 3.05) is 0 Å². The molecule has 0 radical (unpaired) electrons. The van der Waals surface area contributed by atoms with Crippen molar-refractivity contribution >= 4 is 19.0 Å². The van der Waals surface area contributed by atoms with Crippen LogP contribution in [0.15, 0.2) is 60.7 Å². The first-order valence-electron chi connectivity index (χ1n) is 8.61. The lowest BCUT2D eigenvalue weighted by atomic mass is 9.79. The summed E-state index contributed by atoms with van der Waals surface area (Å²) in [5.41, 5.74) is 6.87. The molecule has 7 nitrogen and oxygen atoms in total. The fourth-order valence-corrected chi connectivity index (χ4v) is 2.61. The van der Waals surface area contributed by atoms with Crippen LogP contribution in [0.3, 0.4) is 0 Å². The quantitative estimate of drug-likeness (QED) is 0.524. The van der Waals surface area contributed by atoms with Crippen molar-refractivity contribution in [1.82, 2.24) is 5.32 Å². The van der Waals surface area contributed by atoms with Crippen LogP contribution in [0.1, 0.15) is 30.2 Å². The second-order valence-electron chi connectivity index (χ2n) is 6.21. The van der Waals surface area contributed by atoms with Gasteiger partial charge in [0.2, 0.25) is 0 Å². The Morgan fingerprint density at radius 1 is 1.04 bits per heavy atom. The van der Waals surface area contributed by atoms with Gasteiger partial charge in [0.1, 0.15) is 0 Å². The molecule has 2 aromatic carbocycles. The van der Waals surface area contributed by atoms with Gasteiger partial charge in [-0.15, -0.1) is 0 Å². The third kappa shape index (κ3) is 6.21. The van der Waals surface area contributed by atoms with Crippen LogP contribution in [-0.4, -0.2) is 35.1 Å². The van der Waals surface area contributed by atoms with E-state index in [9.17, 15) is 19.6 Å². The smallest absolute Gasteiger partial charge is 0.433 e. The van der Waals surface area contributed by atoms with Gasteiger partial charge < -0.3 is 25.8 Å². The number of ketones is 1. The van der Waals surface area contributed by atoms with E-state index in [1.807, 2.05) is 0 Å². The highest BCUT2D eigenvalue weighted by Crippen LogP contribution is 2.22. The van der Waals surface area contributed by atoms with Crippen molar-refractivity contribution in [2.45, 2.75) is 31.4 Å². The molecule has 0 fully saturated rings. The number of nitrogens with two attached hydrogens (primary N) is 1. The van der Waals surface area contributed by atoms with Crippen molar-refractivity contribution in [2.24, 2.45) is 5.73 Å². The number of nitrogens with one attached hydrogen (secondary N) is 1. The number of rotatable bonds is 8. The molecule has 3 atom stereocenters. The van der Waals surface area contributed by atoms with E-state index in [1.165, 1.54) is 6.92 Å². The molecule has 27 heavy (non-hydrogen) atoms. The standard InChI is InChI=1S/C19H23BN2O5/c1-13(21)17(23)18(15-10-6-3-7-11-15)27-19(24)22-16(12-20(25)26)14-8-4-2-5-9-14/h2-11,13,16,18,25-26H,12,21H2,1H3,(H,22,24)/t13-,16?,18?/m0/s1. The highest BCUT2D eigenvalue weighted by atomic mass is 16.6. The molecule has 8 heteroatoms. The number of hydrogen-bond donors (Lipinski definition) is 4. The van der Waals surface area contributed by atoms with Gasteiger partial charge in [0.15, 0.2) is 11.9 Å². The van der Waals surface area contributed by atoms with Crippen molar-refractivity contribution in [1.29, 1.82) is 0 Å². The largest absolute Gasteiger partial charge is 0.453 e. The molecular weight excluding hydrogens is 347 g/mol. The highest BCUT2D eigenvalue weighted by molar-refractivity contribution is 6.41. The number of carbonyl (C=O) groups is 2. The van der Waals surface area contributed by atoms with Crippen LogP contribution in [0.4, 0.5) is 4.79 Å². The molecule has 2 aromatic rings. The predicted molar refractivity (Wildman–Crippen MR) is 102 cm³/mol. The Balaban J connectivity index is 2.16. The van der Waals surface area contributed by atoms with E-state index in [2.05, 4.69) is 5.32 Å². The number of Topliss-reactive ketones (excluding diaryl/α,β-unsaturated/α-hetero) is 1. The van der Waals surface area contributed by atoms with Gasteiger partial charge in [0, 0.05) is 11.9 Å². The summed E-state index contributed by atoms with van der Waals surface area (Å²) in [6, 6.07) is 15.9. The van der Waals surface area contributed by atoms with Gasteiger partial charge >= 0.3 is 13.2 Å². The Morgan fingerprint density at radius 2 is 1.56 bits per heavy atom. The van der Waals surface area contributed by atoms with E-state index >= 15 is 0 Å². The summed E-state index contributed by atoms with van der Waals surface area (Å²) in [5, 5.41) is 21.2. The third-order valence-electron chi connectivity index (χ3n) is 3.97. The zero-order valence-electron chi connectivity index (χ0n) is 15.0. The zero-order valence-corrected chi connectivity index (χ0v) is 15.0. The average Bonchev–Trinajstić information content (AvgIpc) is 2.66. The number of alkyl carbamates (subject to hydrolysis) is 1. The molecule has 5 N–H and O–H groups in total. The van der Waals surface area contributed by atoms with Crippen LogP contribution >= 0.6 is 0 Å². The number of ether oxygens (including phenoxy) is 1. The second kappa shape index (κ2) is 9.87. The average molecular weight is 370 g/mol. The first-order chi connectivity index (χ1) is 12.9. The van der Waals surface area contributed by atoms with Crippen LogP contribution in [-0.2, 0) is 9.53 Å². The Morgan fingerprint density at radius 3 is 2.04 bits per heavy atom. The van der Waals surface area contributed by atoms with E-state index in [4.69, 9.17) is 10.5 Å². The van der Waals surface area contributed by atoms with Gasteiger partial charge in [-0.25, -0.2) is 4.79 Å². The first kappa shape index (κ1) is 20.6. The summed E-state index contributed by atoms with van der Waals surface area (Å²) in [5.74, 6) is -0.435. The number of amides is 1. The lowest BCUT2D eigenvalue weighted by molar-refractivity contribution is -0.128. The Kier molecular flexibility index (Phi) is 7.54. The van der Waals surface area contributed by atoms with Gasteiger partial charge in [-0.1, -0.05) is 60.7 Å². The molecule has 0 saturated carbocycles. The maximum Gasteiger partial charge on any atom is 0.453 e. The minimum absolute atomic E-state index is 0.129. The molecule has 0 bridgehead atoms. The van der Waals surface area contributed by atoms with E-state index in [0.717, 1.165) is 0 Å². The second-order valence-corrected chi connectivity index (χ2v) is 6.21. The summed E-state index contributed by atoms with van der Waals surface area (Å²) in [4.78, 5) is 24.8. The van der Waals surface area contributed by atoms with E-state index in [0.29, 0.717) is 11.1 Å². The molecule has 0 aliphatic rings. The van der Waals surface area contributed by atoms with Crippen LogP contribution in [0.25, 0.3) is 0 Å². The van der Waals surface area contributed by atoms with Gasteiger partial charge in [0.05, 0.1) is 12.1 Å². The maximum absolute atomic E-state index is 12.4. The van der Waals surface area contributed by atoms with Crippen molar-refractivity contribution in [3.05, 3.63) is 71.8 Å². The molecule has 0 saturated heterocycles. The number of benzene rings is 2. The highest BCUT2D eigenvalue weighted by Gasteiger charge is 2.29. The number of hydrogen-bond acceptors (Lipinski definition) is 6. The predicted octanol–water partition coefficient (Wildman–Crippen LogP) is 1.58. The fraction of sp³-hybridized carbons (Fsp3) is 0.263. The van der Waals surface area contributed by atoms with Gasteiger partial charge in [-0.3, -0.25) is 4.79 Å². The normalized spacial score (nSPS) is 13.9. The SMILES string of the molecule is C[C@H](N)C(=O)C(OC(=O)NC(CB(O)O)c1ccccc1)c1ccccc1. The molecule has 0 aliphatic carbocycles. The van der Waals surface area contributed by atoms with Crippen molar-refractivity contribution < 1.29 is 24.4 Å². The monoisotopic (exact) mass is 370 g/mol. The molecule has 0 aliphatic heterocycles. The molecule has 2 rings (SSSR count).